The van der Waals surface area contributed by atoms with Gasteiger partial charge >= 0.3 is 0 Å². The molecule has 1 rings (SSSR count). The molecular formula is C15H30N2O. The molecule has 0 bridgehead atoms. The van der Waals surface area contributed by atoms with Crippen molar-refractivity contribution in [2.75, 3.05) is 19.6 Å². The van der Waals surface area contributed by atoms with Gasteiger partial charge in [-0.2, -0.15) is 0 Å². The van der Waals surface area contributed by atoms with Crippen LogP contribution in [0.4, 0.5) is 0 Å². The summed E-state index contributed by atoms with van der Waals surface area (Å²) in [6.45, 7) is 12.0. The van der Waals surface area contributed by atoms with Gasteiger partial charge in [0.2, 0.25) is 5.91 Å². The third-order valence-electron chi connectivity index (χ3n) is 4.19. The van der Waals surface area contributed by atoms with Crippen LogP contribution in [0, 0.1) is 23.7 Å². The number of nitrogens with one attached hydrogen (secondary N) is 2. The van der Waals surface area contributed by atoms with Crippen LogP contribution in [0.5, 0.6) is 0 Å². The second-order valence-corrected chi connectivity index (χ2v) is 6.35. The summed E-state index contributed by atoms with van der Waals surface area (Å²) in [5, 5.41) is 6.45. The van der Waals surface area contributed by atoms with E-state index in [2.05, 4.69) is 38.3 Å². The summed E-state index contributed by atoms with van der Waals surface area (Å²) in [7, 11) is 0. The van der Waals surface area contributed by atoms with Crippen LogP contribution in [0.1, 0.15) is 47.0 Å². The Morgan fingerprint density at radius 2 is 1.94 bits per heavy atom. The lowest BCUT2D eigenvalue weighted by Crippen LogP contribution is -2.34. The molecule has 1 amide bonds. The van der Waals surface area contributed by atoms with E-state index in [9.17, 15) is 4.79 Å². The first-order valence-electron chi connectivity index (χ1n) is 7.48. The third kappa shape index (κ3) is 5.38. The van der Waals surface area contributed by atoms with Crippen molar-refractivity contribution in [2.24, 2.45) is 23.7 Å². The Hall–Kier alpha value is -0.570. The molecule has 0 aromatic carbocycles. The van der Waals surface area contributed by atoms with Crippen LogP contribution in [-0.4, -0.2) is 25.5 Å². The molecule has 0 radical (unpaired) electrons. The van der Waals surface area contributed by atoms with Crippen molar-refractivity contribution in [3.8, 4) is 0 Å². The highest BCUT2D eigenvalue weighted by molar-refractivity contribution is 5.75. The van der Waals surface area contributed by atoms with Crippen molar-refractivity contribution in [2.45, 2.75) is 47.0 Å². The van der Waals surface area contributed by atoms with Crippen molar-refractivity contribution >= 4 is 5.91 Å². The number of carbonyl (C=O) groups is 1. The highest BCUT2D eigenvalue weighted by Gasteiger charge is 2.19. The molecule has 1 heterocycles. The fourth-order valence-corrected chi connectivity index (χ4v) is 2.86. The second-order valence-electron chi connectivity index (χ2n) is 6.35. The summed E-state index contributed by atoms with van der Waals surface area (Å²) >= 11 is 0. The second kappa shape index (κ2) is 7.78. The largest absolute Gasteiger partial charge is 0.356 e. The molecule has 0 aromatic rings. The molecule has 1 unspecified atom stereocenters. The lowest BCUT2D eigenvalue weighted by Gasteiger charge is -2.25. The van der Waals surface area contributed by atoms with Crippen molar-refractivity contribution in [3.63, 3.8) is 0 Å². The van der Waals surface area contributed by atoms with E-state index in [1.54, 1.807) is 0 Å². The normalized spacial score (nSPS) is 20.1. The molecule has 0 aliphatic carbocycles. The smallest absolute Gasteiger partial charge is 0.220 e. The molecule has 2 N–H and O–H groups in total. The van der Waals surface area contributed by atoms with Crippen molar-refractivity contribution in [3.05, 3.63) is 0 Å². The first-order chi connectivity index (χ1) is 8.50. The van der Waals surface area contributed by atoms with Crippen LogP contribution in [0.15, 0.2) is 0 Å². The van der Waals surface area contributed by atoms with Gasteiger partial charge in [0.15, 0.2) is 0 Å². The van der Waals surface area contributed by atoms with Crippen LogP contribution < -0.4 is 10.6 Å². The number of hydrogen-bond donors (Lipinski definition) is 2. The molecule has 106 valence electrons. The topological polar surface area (TPSA) is 41.1 Å². The fourth-order valence-electron chi connectivity index (χ4n) is 2.86. The van der Waals surface area contributed by atoms with Crippen molar-refractivity contribution in [1.82, 2.24) is 10.6 Å². The highest BCUT2D eigenvalue weighted by Crippen LogP contribution is 2.19. The monoisotopic (exact) mass is 254 g/mol. The minimum atomic E-state index is 0.230. The zero-order valence-electron chi connectivity index (χ0n) is 12.5. The summed E-state index contributed by atoms with van der Waals surface area (Å²) in [5.41, 5.74) is 0. The Labute approximate surface area is 112 Å². The minimum absolute atomic E-state index is 0.230. The first-order valence-corrected chi connectivity index (χ1v) is 7.48. The summed E-state index contributed by atoms with van der Waals surface area (Å²) in [4.78, 5) is 11.8. The maximum Gasteiger partial charge on any atom is 0.220 e. The Morgan fingerprint density at radius 1 is 1.28 bits per heavy atom. The SMILES string of the molecule is CC(C)C(CNC(=O)CCC1CCNC1)C(C)C. The molecule has 1 atom stereocenters. The van der Waals surface area contributed by atoms with Gasteiger partial charge in [0.05, 0.1) is 0 Å². The van der Waals surface area contributed by atoms with Crippen LogP contribution in [-0.2, 0) is 4.79 Å². The lowest BCUT2D eigenvalue weighted by molar-refractivity contribution is -0.121. The van der Waals surface area contributed by atoms with Gasteiger partial charge in [-0.05, 0) is 49.6 Å². The Bertz CT molecular complexity index is 237. The number of hydrogen-bond acceptors (Lipinski definition) is 2. The van der Waals surface area contributed by atoms with E-state index in [4.69, 9.17) is 0 Å². The Kier molecular flexibility index (Phi) is 6.69. The number of amides is 1. The highest BCUT2D eigenvalue weighted by atomic mass is 16.1. The maximum absolute atomic E-state index is 11.8. The quantitative estimate of drug-likeness (QED) is 0.732. The molecule has 3 nitrogen and oxygen atoms in total. The average Bonchev–Trinajstić information content (AvgIpc) is 2.78. The molecule has 1 fully saturated rings. The van der Waals surface area contributed by atoms with Crippen LogP contribution >= 0.6 is 0 Å². The van der Waals surface area contributed by atoms with Gasteiger partial charge in [0.25, 0.3) is 0 Å². The first kappa shape index (κ1) is 15.5. The van der Waals surface area contributed by atoms with Gasteiger partial charge in [-0.3, -0.25) is 4.79 Å². The molecule has 0 saturated carbocycles. The fraction of sp³-hybridized carbons (Fsp3) is 0.933. The molecule has 1 aliphatic rings. The molecular weight excluding hydrogens is 224 g/mol. The van der Waals surface area contributed by atoms with E-state index in [1.807, 2.05) is 0 Å². The van der Waals surface area contributed by atoms with E-state index in [1.165, 1.54) is 6.42 Å². The van der Waals surface area contributed by atoms with Crippen LogP contribution in [0.25, 0.3) is 0 Å². The van der Waals surface area contributed by atoms with E-state index >= 15 is 0 Å². The van der Waals surface area contributed by atoms with E-state index < -0.39 is 0 Å². The van der Waals surface area contributed by atoms with E-state index in [-0.39, 0.29) is 5.91 Å². The van der Waals surface area contributed by atoms with Crippen LogP contribution in [0.3, 0.4) is 0 Å². The van der Waals surface area contributed by atoms with Gasteiger partial charge in [-0.1, -0.05) is 27.7 Å². The summed E-state index contributed by atoms with van der Waals surface area (Å²) in [5.74, 6) is 2.78. The Morgan fingerprint density at radius 3 is 2.44 bits per heavy atom. The predicted octanol–water partition coefficient (Wildman–Crippen LogP) is 2.42. The maximum atomic E-state index is 11.8. The van der Waals surface area contributed by atoms with Gasteiger partial charge in [0, 0.05) is 13.0 Å². The predicted molar refractivity (Wildman–Crippen MR) is 76.4 cm³/mol. The third-order valence-corrected chi connectivity index (χ3v) is 4.19. The minimum Gasteiger partial charge on any atom is -0.356 e. The summed E-state index contributed by atoms with van der Waals surface area (Å²) in [6, 6.07) is 0. The molecule has 0 spiro atoms. The standard InChI is InChI=1S/C15H30N2O/c1-11(2)14(12(3)4)10-17-15(18)6-5-13-7-8-16-9-13/h11-14,16H,5-10H2,1-4H3,(H,17,18). The molecule has 1 saturated heterocycles. The number of carbonyl (C=O) groups excluding carboxylic acids is 1. The molecule has 1 aliphatic heterocycles. The molecule has 18 heavy (non-hydrogen) atoms. The zero-order chi connectivity index (χ0) is 13.5. The number of rotatable bonds is 7. The zero-order valence-corrected chi connectivity index (χ0v) is 12.5. The van der Waals surface area contributed by atoms with Gasteiger partial charge in [0.1, 0.15) is 0 Å². The summed E-state index contributed by atoms with van der Waals surface area (Å²) in [6.07, 6.45) is 2.95. The van der Waals surface area contributed by atoms with Gasteiger partial charge < -0.3 is 10.6 Å². The van der Waals surface area contributed by atoms with Crippen molar-refractivity contribution in [1.29, 1.82) is 0 Å². The lowest BCUT2D eigenvalue weighted by atomic mass is 9.85. The van der Waals surface area contributed by atoms with Crippen molar-refractivity contribution < 1.29 is 4.79 Å². The van der Waals surface area contributed by atoms with E-state index in [0.29, 0.717) is 30.1 Å². The van der Waals surface area contributed by atoms with Gasteiger partial charge in [-0.25, -0.2) is 0 Å². The molecule has 0 aromatic heterocycles. The molecule has 3 heteroatoms. The summed E-state index contributed by atoms with van der Waals surface area (Å²) < 4.78 is 0. The van der Waals surface area contributed by atoms with Gasteiger partial charge in [-0.15, -0.1) is 0 Å². The van der Waals surface area contributed by atoms with E-state index in [0.717, 1.165) is 26.1 Å². The average molecular weight is 254 g/mol. The Balaban J connectivity index is 2.18. The van der Waals surface area contributed by atoms with Crippen LogP contribution in [0.2, 0.25) is 0 Å².